The molecule has 0 heterocycles. The van der Waals surface area contributed by atoms with Crippen LogP contribution >= 0.6 is 0 Å². The van der Waals surface area contributed by atoms with Crippen molar-refractivity contribution >= 4 is 17.9 Å². The van der Waals surface area contributed by atoms with Gasteiger partial charge in [-0.3, -0.25) is 14.9 Å². The summed E-state index contributed by atoms with van der Waals surface area (Å²) in [5, 5.41) is 10.5. The van der Waals surface area contributed by atoms with E-state index in [0.717, 1.165) is 24.3 Å². The van der Waals surface area contributed by atoms with Gasteiger partial charge < -0.3 is 4.74 Å². The van der Waals surface area contributed by atoms with Gasteiger partial charge in [-0.15, -0.1) is 0 Å². The molecule has 1 rings (SSSR count). The molecule has 1 unspecified atom stereocenters. The van der Waals surface area contributed by atoms with E-state index in [2.05, 4.69) is 4.74 Å². The van der Waals surface area contributed by atoms with Crippen molar-refractivity contribution in [3.05, 3.63) is 39.9 Å². The number of hydrogen-bond acceptors (Lipinski definition) is 5. The van der Waals surface area contributed by atoms with Crippen molar-refractivity contribution in [2.75, 3.05) is 0 Å². The van der Waals surface area contributed by atoms with Crippen LogP contribution in [0.3, 0.4) is 0 Å². The summed E-state index contributed by atoms with van der Waals surface area (Å²) in [6, 6.07) is 4.22. The number of halogens is 3. The monoisotopic (exact) mass is 277 g/mol. The number of ether oxygens (including phenoxy) is 1. The van der Waals surface area contributed by atoms with Crippen LogP contribution in [0.1, 0.15) is 11.7 Å². The molecule has 0 aromatic heterocycles. The quantitative estimate of drug-likeness (QED) is 0.363. The fourth-order valence-corrected chi connectivity index (χ4v) is 1.17. The number of nitro benzene ring substituents is 1. The van der Waals surface area contributed by atoms with Gasteiger partial charge >= 0.3 is 12.1 Å². The summed E-state index contributed by atoms with van der Waals surface area (Å²) in [6.45, 7) is 0. The summed E-state index contributed by atoms with van der Waals surface area (Å²) >= 11 is 0. The lowest BCUT2D eigenvalue weighted by Gasteiger charge is -2.13. The van der Waals surface area contributed by atoms with Crippen LogP contribution in [0.2, 0.25) is 0 Å². The molecule has 9 heteroatoms. The topological polar surface area (TPSA) is 86.5 Å². The molecular weight excluding hydrogens is 271 g/mol. The number of carbonyl (C=O) groups excluding carboxylic acids is 2. The summed E-state index contributed by atoms with van der Waals surface area (Å²) < 4.78 is 39.8. The summed E-state index contributed by atoms with van der Waals surface area (Å²) in [6.07, 6.45) is -7.15. The lowest BCUT2D eigenvalue weighted by atomic mass is 10.1. The summed E-state index contributed by atoms with van der Waals surface area (Å²) in [7, 11) is 0. The second kappa shape index (κ2) is 5.46. The molecule has 0 aliphatic heterocycles. The van der Waals surface area contributed by atoms with Crippen LogP contribution in [-0.2, 0) is 14.3 Å². The van der Waals surface area contributed by atoms with E-state index in [1.807, 2.05) is 0 Å². The molecule has 0 saturated carbocycles. The van der Waals surface area contributed by atoms with Crippen LogP contribution in [0, 0.1) is 10.1 Å². The van der Waals surface area contributed by atoms with Crippen molar-refractivity contribution in [1.82, 2.24) is 0 Å². The maximum absolute atomic E-state index is 12.0. The zero-order valence-electron chi connectivity index (χ0n) is 9.09. The zero-order valence-corrected chi connectivity index (χ0v) is 9.09. The van der Waals surface area contributed by atoms with Crippen LogP contribution in [0.15, 0.2) is 24.3 Å². The highest BCUT2D eigenvalue weighted by Gasteiger charge is 2.42. The first-order valence-corrected chi connectivity index (χ1v) is 4.73. The minimum atomic E-state index is -5.25. The maximum Gasteiger partial charge on any atom is 0.490 e. The molecule has 6 nitrogen and oxygen atoms in total. The predicted octanol–water partition coefficient (Wildman–Crippen LogP) is 1.94. The molecule has 1 atom stereocenters. The van der Waals surface area contributed by atoms with E-state index in [0.29, 0.717) is 0 Å². The van der Waals surface area contributed by atoms with Crippen LogP contribution in [0.5, 0.6) is 0 Å². The molecule has 0 amide bonds. The number of non-ortho nitro benzene ring substituents is 1. The van der Waals surface area contributed by atoms with Gasteiger partial charge in [-0.1, -0.05) is 12.1 Å². The molecule has 0 fully saturated rings. The number of nitrogens with zero attached hydrogens (tertiary/aromatic N) is 1. The smallest absolute Gasteiger partial charge is 0.443 e. The Bertz CT molecular complexity index is 514. The fraction of sp³-hybridized carbons (Fsp3) is 0.200. The molecule has 0 aliphatic rings. The minimum Gasteiger partial charge on any atom is -0.443 e. The number of nitro groups is 1. The molecule has 0 aliphatic carbocycles. The van der Waals surface area contributed by atoms with E-state index in [1.165, 1.54) is 0 Å². The minimum absolute atomic E-state index is 0.0529. The Hall–Kier alpha value is -2.45. The highest BCUT2D eigenvalue weighted by atomic mass is 19.4. The van der Waals surface area contributed by atoms with E-state index in [9.17, 15) is 32.9 Å². The van der Waals surface area contributed by atoms with Gasteiger partial charge in [-0.05, 0) is 0 Å². The fourth-order valence-electron chi connectivity index (χ4n) is 1.17. The lowest BCUT2D eigenvalue weighted by molar-refractivity contribution is -0.385. The number of esters is 1. The van der Waals surface area contributed by atoms with Gasteiger partial charge in [0.15, 0.2) is 12.4 Å². The standard InChI is InChI=1S/C10H6F3NO5/c11-10(12,13)9(16)19-8(5-15)6-2-1-3-7(4-6)14(17)18/h1-5,8H. The Balaban J connectivity index is 2.98. The van der Waals surface area contributed by atoms with Crippen LogP contribution < -0.4 is 0 Å². The van der Waals surface area contributed by atoms with E-state index >= 15 is 0 Å². The highest BCUT2D eigenvalue weighted by molar-refractivity contribution is 5.78. The predicted molar refractivity (Wildman–Crippen MR) is 54.0 cm³/mol. The van der Waals surface area contributed by atoms with E-state index in [4.69, 9.17) is 0 Å². The number of rotatable bonds is 4. The Kier molecular flexibility index (Phi) is 4.20. The van der Waals surface area contributed by atoms with E-state index in [1.54, 1.807) is 0 Å². The van der Waals surface area contributed by atoms with Crippen LogP contribution in [0.25, 0.3) is 0 Å². The van der Waals surface area contributed by atoms with Gasteiger partial charge in [0.05, 0.1) is 4.92 Å². The number of hydrogen-bond donors (Lipinski definition) is 0. The number of alkyl halides is 3. The summed E-state index contributed by atoms with van der Waals surface area (Å²) in [4.78, 5) is 30.9. The average Bonchev–Trinajstić information content (AvgIpc) is 2.34. The zero-order chi connectivity index (χ0) is 14.6. The lowest BCUT2D eigenvalue weighted by Crippen LogP contribution is -2.27. The second-order valence-corrected chi connectivity index (χ2v) is 3.31. The third-order valence-corrected chi connectivity index (χ3v) is 2.00. The molecule has 0 N–H and O–H groups in total. The first kappa shape index (κ1) is 14.6. The molecule has 102 valence electrons. The Morgan fingerprint density at radius 2 is 2.05 bits per heavy atom. The molecule has 0 spiro atoms. The van der Waals surface area contributed by atoms with Crippen molar-refractivity contribution in [2.45, 2.75) is 12.3 Å². The van der Waals surface area contributed by atoms with Gasteiger partial charge in [-0.2, -0.15) is 13.2 Å². The van der Waals surface area contributed by atoms with Crippen molar-refractivity contribution in [3.63, 3.8) is 0 Å². The van der Waals surface area contributed by atoms with Crippen LogP contribution in [0.4, 0.5) is 18.9 Å². The number of benzene rings is 1. The summed E-state index contributed by atoms with van der Waals surface area (Å²) in [5.41, 5.74) is -0.658. The largest absolute Gasteiger partial charge is 0.490 e. The third kappa shape index (κ3) is 3.76. The highest BCUT2D eigenvalue weighted by Crippen LogP contribution is 2.24. The molecule has 0 saturated heterocycles. The molecule has 1 aromatic rings. The second-order valence-electron chi connectivity index (χ2n) is 3.31. The van der Waals surface area contributed by atoms with Gasteiger partial charge in [-0.25, -0.2) is 4.79 Å². The van der Waals surface area contributed by atoms with E-state index in [-0.39, 0.29) is 11.8 Å². The molecule has 0 bridgehead atoms. The summed E-state index contributed by atoms with van der Waals surface area (Å²) in [5.74, 6) is -2.55. The Morgan fingerprint density at radius 1 is 1.42 bits per heavy atom. The van der Waals surface area contributed by atoms with Crippen molar-refractivity contribution in [1.29, 1.82) is 0 Å². The average molecular weight is 277 g/mol. The van der Waals surface area contributed by atoms with Gasteiger partial charge in [0, 0.05) is 17.7 Å². The first-order chi connectivity index (χ1) is 8.75. The molecule has 19 heavy (non-hydrogen) atoms. The van der Waals surface area contributed by atoms with E-state index < -0.39 is 28.9 Å². The Morgan fingerprint density at radius 3 is 2.53 bits per heavy atom. The third-order valence-electron chi connectivity index (χ3n) is 2.00. The van der Waals surface area contributed by atoms with Gasteiger partial charge in [0.1, 0.15) is 0 Å². The molecule has 1 aromatic carbocycles. The van der Waals surface area contributed by atoms with Crippen LogP contribution in [-0.4, -0.2) is 23.4 Å². The Labute approximate surface area is 103 Å². The van der Waals surface area contributed by atoms with Crippen molar-refractivity contribution in [3.8, 4) is 0 Å². The van der Waals surface area contributed by atoms with Crippen molar-refractivity contribution < 1.29 is 32.4 Å². The van der Waals surface area contributed by atoms with Crippen molar-refractivity contribution in [2.24, 2.45) is 0 Å². The maximum atomic E-state index is 12.0. The van der Waals surface area contributed by atoms with Gasteiger partial charge in [0.25, 0.3) is 5.69 Å². The first-order valence-electron chi connectivity index (χ1n) is 4.73. The van der Waals surface area contributed by atoms with Gasteiger partial charge in [0.2, 0.25) is 0 Å². The normalized spacial score (nSPS) is 12.6. The SMILES string of the molecule is O=CC(OC(=O)C(F)(F)F)c1cccc([N+](=O)[O-])c1. The molecule has 0 radical (unpaired) electrons. The number of carbonyl (C=O) groups is 2. The molecular formula is C10H6F3NO5. The number of aldehydes is 1.